The number of methoxy groups -OCH3 is 1. The Bertz CT molecular complexity index is 1220. The van der Waals surface area contributed by atoms with Crippen LogP contribution in [0.5, 0.6) is 5.75 Å². The van der Waals surface area contributed by atoms with Crippen molar-refractivity contribution in [2.45, 2.75) is 13.3 Å². The first kappa shape index (κ1) is 19.9. The second kappa shape index (κ2) is 8.56. The Morgan fingerprint density at radius 3 is 2.60 bits per heavy atom. The van der Waals surface area contributed by atoms with E-state index in [-0.39, 0.29) is 5.91 Å². The highest BCUT2D eigenvalue weighted by atomic mass is 35.5. The Kier molecular flexibility index (Phi) is 5.68. The normalized spacial score (nSPS) is 10.8. The van der Waals surface area contributed by atoms with Crippen LogP contribution in [0.4, 0.5) is 5.69 Å². The zero-order valence-corrected chi connectivity index (χ0v) is 17.5. The number of nitrogens with one attached hydrogen (secondary N) is 1. The van der Waals surface area contributed by atoms with E-state index < -0.39 is 0 Å². The second-order valence-corrected chi connectivity index (χ2v) is 7.49. The van der Waals surface area contributed by atoms with E-state index in [1.807, 2.05) is 61.5 Å². The van der Waals surface area contributed by atoms with Gasteiger partial charge in [0.05, 0.1) is 23.3 Å². The number of fused-ring (bicyclic) bond motifs is 1. The highest BCUT2D eigenvalue weighted by Crippen LogP contribution is 2.29. The summed E-state index contributed by atoms with van der Waals surface area (Å²) in [5, 5.41) is 4.44. The maximum Gasteiger partial charge on any atom is 0.256 e. The molecular weight excluding hydrogens is 396 g/mol. The Balaban J connectivity index is 1.67. The van der Waals surface area contributed by atoms with Crippen molar-refractivity contribution in [3.63, 3.8) is 0 Å². The number of anilines is 1. The number of carbonyl (C=O) groups excluding carboxylic acids is 1. The zero-order valence-electron chi connectivity index (χ0n) is 16.8. The molecular formula is C25H21ClN2O2. The average molecular weight is 417 g/mol. The summed E-state index contributed by atoms with van der Waals surface area (Å²) in [6.07, 6.45) is 2.34. The predicted molar refractivity (Wildman–Crippen MR) is 122 cm³/mol. The number of aromatic nitrogens is 1. The van der Waals surface area contributed by atoms with E-state index in [0.717, 1.165) is 27.8 Å². The highest BCUT2D eigenvalue weighted by molar-refractivity contribution is 6.36. The lowest BCUT2D eigenvalue weighted by Crippen LogP contribution is -2.16. The summed E-state index contributed by atoms with van der Waals surface area (Å²) in [6.45, 7) is 1.95. The predicted octanol–water partition coefficient (Wildman–Crippen LogP) is 6.05. The van der Waals surface area contributed by atoms with Crippen LogP contribution in [0.1, 0.15) is 27.0 Å². The first-order valence-corrected chi connectivity index (χ1v) is 10.0. The molecule has 4 aromatic rings. The molecule has 0 spiro atoms. The number of carbonyl (C=O) groups is 1. The Morgan fingerprint density at radius 1 is 1.03 bits per heavy atom. The molecule has 0 saturated carbocycles. The van der Waals surface area contributed by atoms with E-state index >= 15 is 0 Å². The molecule has 0 radical (unpaired) electrons. The maximum atomic E-state index is 13.3. The summed E-state index contributed by atoms with van der Waals surface area (Å²) >= 11 is 6.28. The van der Waals surface area contributed by atoms with E-state index in [2.05, 4.69) is 10.3 Å². The fourth-order valence-electron chi connectivity index (χ4n) is 3.59. The minimum atomic E-state index is -0.161. The monoisotopic (exact) mass is 416 g/mol. The summed E-state index contributed by atoms with van der Waals surface area (Å²) in [5.41, 5.74) is 4.97. The van der Waals surface area contributed by atoms with Gasteiger partial charge in [0, 0.05) is 17.1 Å². The molecule has 4 nitrogen and oxygen atoms in total. The number of benzene rings is 3. The standard InChI is InChI=1S/C25H21ClN2O2/c1-16-5-3-6-18(15-17-8-10-19(30-2)11-9-17)23(16)25(29)28-22-13-12-21(26)20-7-4-14-27-24(20)22/h3-14H,15H2,1-2H3,(H,28,29). The molecule has 0 bridgehead atoms. The summed E-state index contributed by atoms with van der Waals surface area (Å²) in [4.78, 5) is 17.7. The SMILES string of the molecule is COc1ccc(Cc2cccc(C)c2C(=O)Nc2ccc(Cl)c3cccnc23)cc1. The van der Waals surface area contributed by atoms with Gasteiger partial charge in [0.1, 0.15) is 5.75 Å². The molecule has 0 aliphatic heterocycles. The molecule has 30 heavy (non-hydrogen) atoms. The number of nitrogens with zero attached hydrogens (tertiary/aromatic N) is 1. The van der Waals surface area contributed by atoms with Gasteiger partial charge in [-0.05, 0) is 66.4 Å². The van der Waals surface area contributed by atoms with Gasteiger partial charge in [0.15, 0.2) is 0 Å². The molecule has 0 unspecified atom stereocenters. The molecule has 0 aliphatic carbocycles. The number of hydrogen-bond acceptors (Lipinski definition) is 3. The molecule has 0 atom stereocenters. The first-order valence-electron chi connectivity index (χ1n) is 9.63. The fraction of sp³-hybridized carbons (Fsp3) is 0.120. The minimum absolute atomic E-state index is 0.161. The minimum Gasteiger partial charge on any atom is -0.497 e. The van der Waals surface area contributed by atoms with Crippen LogP contribution in [0.3, 0.4) is 0 Å². The van der Waals surface area contributed by atoms with E-state index in [9.17, 15) is 4.79 Å². The van der Waals surface area contributed by atoms with E-state index in [0.29, 0.717) is 28.2 Å². The van der Waals surface area contributed by atoms with Crippen LogP contribution in [-0.2, 0) is 6.42 Å². The summed E-state index contributed by atoms with van der Waals surface area (Å²) in [5.74, 6) is 0.647. The van der Waals surface area contributed by atoms with Gasteiger partial charge in [0.25, 0.3) is 5.91 Å². The molecule has 1 amide bonds. The van der Waals surface area contributed by atoms with Crippen molar-refractivity contribution in [1.82, 2.24) is 4.98 Å². The molecule has 3 aromatic carbocycles. The van der Waals surface area contributed by atoms with Gasteiger partial charge in [-0.15, -0.1) is 0 Å². The van der Waals surface area contributed by atoms with Crippen LogP contribution >= 0.6 is 11.6 Å². The van der Waals surface area contributed by atoms with Crippen LogP contribution < -0.4 is 10.1 Å². The van der Waals surface area contributed by atoms with Gasteiger partial charge < -0.3 is 10.1 Å². The van der Waals surface area contributed by atoms with Crippen molar-refractivity contribution < 1.29 is 9.53 Å². The van der Waals surface area contributed by atoms with Gasteiger partial charge in [-0.1, -0.05) is 41.9 Å². The number of ether oxygens (including phenoxy) is 1. The van der Waals surface area contributed by atoms with Crippen LogP contribution in [0.15, 0.2) is 72.9 Å². The zero-order chi connectivity index (χ0) is 21.1. The van der Waals surface area contributed by atoms with E-state index in [1.54, 1.807) is 25.4 Å². The molecule has 4 rings (SSSR count). The topological polar surface area (TPSA) is 51.2 Å². The van der Waals surface area contributed by atoms with Crippen LogP contribution in [0.25, 0.3) is 10.9 Å². The lowest BCUT2D eigenvalue weighted by molar-refractivity contribution is 0.102. The van der Waals surface area contributed by atoms with Crippen LogP contribution in [0, 0.1) is 6.92 Å². The third-order valence-corrected chi connectivity index (χ3v) is 5.43. The van der Waals surface area contributed by atoms with E-state index in [4.69, 9.17) is 16.3 Å². The Morgan fingerprint density at radius 2 is 1.83 bits per heavy atom. The van der Waals surface area contributed by atoms with Crippen molar-refractivity contribution in [3.8, 4) is 5.75 Å². The number of pyridine rings is 1. The number of hydrogen-bond donors (Lipinski definition) is 1. The molecule has 0 aliphatic rings. The number of aryl methyl sites for hydroxylation is 1. The lowest BCUT2D eigenvalue weighted by atomic mass is 9.95. The fourth-order valence-corrected chi connectivity index (χ4v) is 3.80. The summed E-state index contributed by atoms with van der Waals surface area (Å²) in [7, 11) is 1.65. The summed E-state index contributed by atoms with van der Waals surface area (Å²) < 4.78 is 5.23. The smallest absolute Gasteiger partial charge is 0.256 e. The van der Waals surface area contributed by atoms with Crippen LogP contribution in [-0.4, -0.2) is 18.0 Å². The van der Waals surface area contributed by atoms with Crippen molar-refractivity contribution in [2.24, 2.45) is 0 Å². The Hall–Kier alpha value is -3.37. The van der Waals surface area contributed by atoms with Gasteiger partial charge >= 0.3 is 0 Å². The maximum absolute atomic E-state index is 13.3. The third kappa shape index (κ3) is 4.00. The quantitative estimate of drug-likeness (QED) is 0.431. The van der Waals surface area contributed by atoms with Gasteiger partial charge in [0.2, 0.25) is 0 Å². The molecule has 0 saturated heterocycles. The van der Waals surface area contributed by atoms with Gasteiger partial charge in [-0.3, -0.25) is 9.78 Å². The lowest BCUT2D eigenvalue weighted by Gasteiger charge is -2.14. The third-order valence-electron chi connectivity index (χ3n) is 5.10. The van der Waals surface area contributed by atoms with E-state index in [1.165, 1.54) is 0 Å². The largest absolute Gasteiger partial charge is 0.497 e. The molecule has 1 N–H and O–H groups in total. The van der Waals surface area contributed by atoms with Crippen LogP contribution in [0.2, 0.25) is 5.02 Å². The van der Waals surface area contributed by atoms with Gasteiger partial charge in [-0.2, -0.15) is 0 Å². The molecule has 0 fully saturated rings. The van der Waals surface area contributed by atoms with Crippen molar-refractivity contribution in [2.75, 3.05) is 12.4 Å². The number of rotatable bonds is 5. The van der Waals surface area contributed by atoms with Crippen molar-refractivity contribution >= 4 is 34.1 Å². The molecule has 150 valence electrons. The molecule has 5 heteroatoms. The highest BCUT2D eigenvalue weighted by Gasteiger charge is 2.17. The summed E-state index contributed by atoms with van der Waals surface area (Å²) in [6, 6.07) is 21.1. The van der Waals surface area contributed by atoms with Gasteiger partial charge in [-0.25, -0.2) is 0 Å². The second-order valence-electron chi connectivity index (χ2n) is 7.08. The molecule has 1 heterocycles. The average Bonchev–Trinajstić information content (AvgIpc) is 2.76. The Labute approximate surface area is 180 Å². The first-order chi connectivity index (χ1) is 14.6. The number of amides is 1. The number of halogens is 1. The van der Waals surface area contributed by atoms with Crippen molar-refractivity contribution in [1.29, 1.82) is 0 Å². The molecule has 1 aromatic heterocycles. The van der Waals surface area contributed by atoms with Crippen molar-refractivity contribution in [3.05, 3.63) is 100 Å².